The van der Waals surface area contributed by atoms with E-state index in [1.54, 1.807) is 0 Å². The molecular weight excluding hydrogens is 278 g/mol. The van der Waals surface area contributed by atoms with Crippen LogP contribution in [0.25, 0.3) is 0 Å². The highest BCUT2D eigenvalue weighted by atomic mass is 79.9. The number of anilines is 1. The third-order valence-corrected chi connectivity index (χ3v) is 2.99. The first-order chi connectivity index (χ1) is 7.78. The predicted molar refractivity (Wildman–Crippen MR) is 77.2 cm³/mol. The van der Waals surface area contributed by atoms with Gasteiger partial charge in [0.1, 0.15) is 5.82 Å². The summed E-state index contributed by atoms with van der Waals surface area (Å²) in [6.45, 7) is 9.37. The summed E-state index contributed by atoms with van der Waals surface area (Å²) in [5.74, 6) is 0.861. The average Bonchev–Trinajstić information content (AvgIpc) is 2.13. The van der Waals surface area contributed by atoms with Crippen LogP contribution in [-0.4, -0.2) is 17.6 Å². The first-order valence-electron chi connectivity index (χ1n) is 5.89. The van der Waals surface area contributed by atoms with Gasteiger partial charge in [0.05, 0.1) is 4.47 Å². The van der Waals surface area contributed by atoms with Crippen molar-refractivity contribution in [3.8, 4) is 0 Å². The van der Waals surface area contributed by atoms with Gasteiger partial charge in [-0.2, -0.15) is 0 Å². The zero-order valence-corrected chi connectivity index (χ0v) is 12.6. The van der Waals surface area contributed by atoms with Gasteiger partial charge in [-0.05, 0) is 46.3 Å². The van der Waals surface area contributed by atoms with Crippen molar-refractivity contribution in [2.75, 3.05) is 11.9 Å². The maximum atomic E-state index is 6.08. The Kier molecular flexibility index (Phi) is 4.95. The molecule has 3 N–H and O–H groups in total. The number of halogens is 1. The second-order valence-corrected chi connectivity index (χ2v) is 6.60. The molecule has 4 heteroatoms. The molecule has 0 aliphatic rings. The van der Waals surface area contributed by atoms with Crippen LogP contribution in [0.15, 0.2) is 16.7 Å². The molecule has 1 aromatic rings. The molecule has 96 valence electrons. The quantitative estimate of drug-likeness (QED) is 0.896. The van der Waals surface area contributed by atoms with Crippen LogP contribution < -0.4 is 11.1 Å². The van der Waals surface area contributed by atoms with Gasteiger partial charge in [-0.15, -0.1) is 0 Å². The van der Waals surface area contributed by atoms with Crippen molar-refractivity contribution < 1.29 is 0 Å². The van der Waals surface area contributed by atoms with E-state index in [4.69, 9.17) is 5.73 Å². The highest BCUT2D eigenvalue weighted by molar-refractivity contribution is 9.10. The molecule has 1 aromatic heterocycles. The Morgan fingerprint density at radius 2 is 2.12 bits per heavy atom. The van der Waals surface area contributed by atoms with Crippen LogP contribution in [0.4, 0.5) is 5.82 Å². The fraction of sp³-hybridized carbons (Fsp3) is 0.615. The molecule has 17 heavy (non-hydrogen) atoms. The van der Waals surface area contributed by atoms with Crippen molar-refractivity contribution in [3.63, 3.8) is 0 Å². The highest BCUT2D eigenvalue weighted by Crippen LogP contribution is 2.22. The second-order valence-electron chi connectivity index (χ2n) is 5.75. The topological polar surface area (TPSA) is 50.9 Å². The van der Waals surface area contributed by atoms with Crippen LogP contribution >= 0.6 is 15.9 Å². The van der Waals surface area contributed by atoms with E-state index >= 15 is 0 Å². The largest absolute Gasteiger partial charge is 0.368 e. The summed E-state index contributed by atoms with van der Waals surface area (Å²) in [5.41, 5.74) is 7.49. The second kappa shape index (κ2) is 5.83. The van der Waals surface area contributed by atoms with E-state index in [1.807, 2.05) is 19.2 Å². The Morgan fingerprint density at radius 1 is 1.47 bits per heavy atom. The molecule has 0 saturated heterocycles. The molecule has 0 radical (unpaired) electrons. The molecule has 0 aliphatic carbocycles. The van der Waals surface area contributed by atoms with Crippen LogP contribution in [0.5, 0.6) is 0 Å². The Hall–Kier alpha value is -0.610. The minimum Gasteiger partial charge on any atom is -0.368 e. The van der Waals surface area contributed by atoms with Gasteiger partial charge < -0.3 is 11.1 Å². The number of hydrogen-bond acceptors (Lipinski definition) is 3. The molecule has 0 saturated carbocycles. The number of nitrogens with one attached hydrogen (secondary N) is 1. The number of nitrogens with zero attached hydrogens (tertiary/aromatic N) is 1. The molecule has 0 amide bonds. The minimum absolute atomic E-state index is 0.144. The van der Waals surface area contributed by atoms with Crippen LogP contribution in [0.1, 0.15) is 32.8 Å². The minimum atomic E-state index is 0.144. The number of hydrogen-bond donors (Lipinski definition) is 2. The summed E-state index contributed by atoms with van der Waals surface area (Å²) in [4.78, 5) is 4.33. The summed E-state index contributed by atoms with van der Waals surface area (Å²) < 4.78 is 0.987. The average molecular weight is 300 g/mol. The van der Waals surface area contributed by atoms with Crippen molar-refractivity contribution in [1.29, 1.82) is 0 Å². The lowest BCUT2D eigenvalue weighted by Gasteiger charge is -2.23. The lowest BCUT2D eigenvalue weighted by molar-refractivity contribution is 0.344. The third kappa shape index (κ3) is 5.50. The maximum Gasteiger partial charge on any atom is 0.140 e. The van der Waals surface area contributed by atoms with Gasteiger partial charge in [-0.1, -0.05) is 20.8 Å². The Balaban J connectivity index is 2.50. The molecular formula is C13H22BrN3. The zero-order valence-electron chi connectivity index (χ0n) is 11.0. The van der Waals surface area contributed by atoms with Crippen molar-refractivity contribution in [2.45, 2.75) is 40.2 Å². The van der Waals surface area contributed by atoms with Crippen molar-refractivity contribution >= 4 is 21.7 Å². The lowest BCUT2D eigenvalue weighted by atomic mass is 9.88. The number of pyridine rings is 1. The number of nitrogens with two attached hydrogens (primary N) is 1. The monoisotopic (exact) mass is 299 g/mol. The summed E-state index contributed by atoms with van der Waals surface area (Å²) in [7, 11) is 0. The molecule has 0 fully saturated rings. The normalized spacial score (nSPS) is 13.5. The summed E-state index contributed by atoms with van der Waals surface area (Å²) in [5, 5.41) is 3.28. The fourth-order valence-corrected chi connectivity index (χ4v) is 2.35. The molecule has 1 atom stereocenters. The van der Waals surface area contributed by atoms with Gasteiger partial charge in [0.15, 0.2) is 0 Å². The van der Waals surface area contributed by atoms with Crippen LogP contribution in [0.3, 0.4) is 0 Å². The maximum absolute atomic E-state index is 6.08. The van der Waals surface area contributed by atoms with Gasteiger partial charge in [0.25, 0.3) is 0 Å². The van der Waals surface area contributed by atoms with Crippen molar-refractivity contribution in [2.24, 2.45) is 11.1 Å². The standard InChI is InChI=1S/C13H22BrN3/c1-9-5-11(14)12(16-7-9)17-8-10(15)6-13(2,3)4/h5,7,10H,6,8,15H2,1-4H3,(H,16,17). The molecule has 3 nitrogen and oxygen atoms in total. The molecule has 1 heterocycles. The smallest absolute Gasteiger partial charge is 0.140 e. The van der Waals surface area contributed by atoms with E-state index in [0.29, 0.717) is 0 Å². The zero-order chi connectivity index (χ0) is 13.1. The van der Waals surface area contributed by atoms with Gasteiger partial charge in [0.2, 0.25) is 0 Å². The molecule has 0 spiro atoms. The van der Waals surface area contributed by atoms with E-state index in [1.165, 1.54) is 0 Å². The van der Waals surface area contributed by atoms with Gasteiger partial charge in [-0.25, -0.2) is 4.98 Å². The summed E-state index contributed by atoms with van der Waals surface area (Å²) in [6, 6.07) is 2.19. The lowest BCUT2D eigenvalue weighted by Crippen LogP contribution is -2.33. The van der Waals surface area contributed by atoms with Crippen molar-refractivity contribution in [3.05, 3.63) is 22.3 Å². The number of aromatic nitrogens is 1. The predicted octanol–water partition coefficient (Wildman–Crippen LogP) is 3.33. The molecule has 0 bridgehead atoms. The molecule has 0 aliphatic heterocycles. The van der Waals surface area contributed by atoms with Gasteiger partial charge in [-0.3, -0.25) is 0 Å². The van der Waals surface area contributed by atoms with Crippen molar-refractivity contribution in [1.82, 2.24) is 4.98 Å². The van der Waals surface area contributed by atoms with E-state index in [-0.39, 0.29) is 11.5 Å². The van der Waals surface area contributed by atoms with E-state index in [9.17, 15) is 0 Å². The molecule has 0 aromatic carbocycles. The van der Waals surface area contributed by atoms with Crippen LogP contribution in [0, 0.1) is 12.3 Å². The Bertz CT molecular complexity index is 371. The fourth-order valence-electron chi connectivity index (χ4n) is 1.75. The highest BCUT2D eigenvalue weighted by Gasteiger charge is 2.15. The Morgan fingerprint density at radius 3 is 2.65 bits per heavy atom. The number of rotatable bonds is 4. The van der Waals surface area contributed by atoms with E-state index in [2.05, 4.69) is 47.0 Å². The van der Waals surface area contributed by atoms with E-state index < -0.39 is 0 Å². The molecule has 1 rings (SSSR count). The first-order valence-corrected chi connectivity index (χ1v) is 6.69. The first kappa shape index (κ1) is 14.5. The van der Waals surface area contributed by atoms with E-state index in [0.717, 1.165) is 28.8 Å². The number of aryl methyl sites for hydroxylation is 1. The summed E-state index contributed by atoms with van der Waals surface area (Å²) in [6.07, 6.45) is 2.84. The summed E-state index contributed by atoms with van der Waals surface area (Å²) >= 11 is 3.49. The third-order valence-electron chi connectivity index (χ3n) is 2.38. The molecule has 1 unspecified atom stereocenters. The van der Waals surface area contributed by atoms with Crippen LogP contribution in [0.2, 0.25) is 0 Å². The van der Waals surface area contributed by atoms with Gasteiger partial charge >= 0.3 is 0 Å². The SMILES string of the molecule is Cc1cnc(NCC(N)CC(C)(C)C)c(Br)c1. The van der Waals surface area contributed by atoms with Crippen LogP contribution in [-0.2, 0) is 0 Å². The Labute approximate surface area is 112 Å². The van der Waals surface area contributed by atoms with Gasteiger partial charge in [0, 0.05) is 18.8 Å².